The summed E-state index contributed by atoms with van der Waals surface area (Å²) in [6.07, 6.45) is 0. The van der Waals surface area contributed by atoms with Gasteiger partial charge in [0.15, 0.2) is 17.3 Å². The summed E-state index contributed by atoms with van der Waals surface area (Å²) >= 11 is 0. The summed E-state index contributed by atoms with van der Waals surface area (Å²) in [5.74, 6) is 1.40. The number of methoxy groups -OCH3 is 1. The largest absolute Gasteiger partial charge is 0.493 e. The molecule has 0 unspecified atom stereocenters. The molecule has 8 heteroatoms. The van der Waals surface area contributed by atoms with Gasteiger partial charge in [0.25, 0.3) is 0 Å². The molecule has 2 aromatic rings. The van der Waals surface area contributed by atoms with Gasteiger partial charge in [0.2, 0.25) is 10.0 Å². The maximum absolute atomic E-state index is 11.4. The van der Waals surface area contributed by atoms with Gasteiger partial charge in [0.05, 0.1) is 12.0 Å². The first-order valence-electron chi connectivity index (χ1n) is 7.38. The molecule has 2 N–H and O–H groups in total. The van der Waals surface area contributed by atoms with E-state index in [1.54, 1.807) is 18.2 Å². The number of ether oxygens (including phenoxy) is 3. The van der Waals surface area contributed by atoms with Gasteiger partial charge in [-0.25, -0.2) is 13.6 Å². The van der Waals surface area contributed by atoms with Crippen molar-refractivity contribution in [3.63, 3.8) is 0 Å². The maximum atomic E-state index is 11.4. The van der Waals surface area contributed by atoms with Crippen molar-refractivity contribution in [3.05, 3.63) is 48.0 Å². The average Bonchev–Trinajstić information content (AvgIpc) is 2.58. The molecule has 0 spiro atoms. The molecule has 0 aliphatic heterocycles. The van der Waals surface area contributed by atoms with Crippen molar-refractivity contribution >= 4 is 15.8 Å². The molecule has 0 heterocycles. The van der Waals surface area contributed by atoms with Crippen LogP contribution in [0.2, 0.25) is 0 Å². The van der Waals surface area contributed by atoms with Crippen LogP contribution in [0.5, 0.6) is 17.2 Å². The molecule has 25 heavy (non-hydrogen) atoms. The second-order valence-corrected chi connectivity index (χ2v) is 6.70. The molecule has 2 aromatic carbocycles. The van der Waals surface area contributed by atoms with Crippen molar-refractivity contribution in [2.45, 2.75) is 11.8 Å². The molecular formula is C17H19NO6S. The van der Waals surface area contributed by atoms with Crippen molar-refractivity contribution in [1.82, 2.24) is 0 Å². The first-order valence-corrected chi connectivity index (χ1v) is 8.93. The number of hydrogen-bond donors (Lipinski definition) is 1. The molecule has 0 saturated heterocycles. The van der Waals surface area contributed by atoms with Crippen LogP contribution in [-0.2, 0) is 10.0 Å². The van der Waals surface area contributed by atoms with E-state index in [-0.39, 0.29) is 23.9 Å². The number of hydrogen-bond acceptors (Lipinski definition) is 6. The fourth-order valence-corrected chi connectivity index (χ4v) is 2.56. The second-order valence-electron chi connectivity index (χ2n) is 5.14. The Balaban J connectivity index is 1.90. The third kappa shape index (κ3) is 5.20. The van der Waals surface area contributed by atoms with Gasteiger partial charge in [0, 0.05) is 5.56 Å². The van der Waals surface area contributed by atoms with Crippen LogP contribution in [0.1, 0.15) is 17.3 Å². The van der Waals surface area contributed by atoms with Crippen molar-refractivity contribution in [3.8, 4) is 17.2 Å². The van der Waals surface area contributed by atoms with E-state index >= 15 is 0 Å². The summed E-state index contributed by atoms with van der Waals surface area (Å²) in [7, 11) is -2.22. The number of sulfonamides is 1. The van der Waals surface area contributed by atoms with Gasteiger partial charge in [-0.1, -0.05) is 0 Å². The molecule has 0 fully saturated rings. The van der Waals surface area contributed by atoms with E-state index in [0.717, 1.165) is 0 Å². The molecule has 2 rings (SSSR count). The Morgan fingerprint density at radius 2 is 1.64 bits per heavy atom. The number of carbonyl (C=O) groups is 1. The highest BCUT2D eigenvalue weighted by atomic mass is 32.2. The smallest absolute Gasteiger partial charge is 0.238 e. The van der Waals surface area contributed by atoms with Crippen LogP contribution < -0.4 is 19.3 Å². The SMILES string of the molecule is COc1cc(C(C)=O)ccc1OCCOc1ccc(S(N)(=O)=O)cc1. The minimum Gasteiger partial charge on any atom is -0.493 e. The van der Waals surface area contributed by atoms with Crippen LogP contribution >= 0.6 is 0 Å². The number of rotatable bonds is 8. The van der Waals surface area contributed by atoms with E-state index < -0.39 is 10.0 Å². The Bertz CT molecular complexity index is 846. The molecule has 0 radical (unpaired) electrons. The topological polar surface area (TPSA) is 105 Å². The fourth-order valence-electron chi connectivity index (χ4n) is 2.04. The van der Waals surface area contributed by atoms with E-state index in [4.69, 9.17) is 19.3 Å². The predicted octanol–water partition coefficient (Wildman–Crippen LogP) is 2.00. The summed E-state index contributed by atoms with van der Waals surface area (Å²) in [5, 5.41) is 5.03. The van der Waals surface area contributed by atoms with Crippen LogP contribution in [0.15, 0.2) is 47.4 Å². The Hall–Kier alpha value is -2.58. The van der Waals surface area contributed by atoms with Crippen molar-refractivity contribution in [2.75, 3.05) is 20.3 Å². The summed E-state index contributed by atoms with van der Waals surface area (Å²) in [6.45, 7) is 1.96. The lowest BCUT2D eigenvalue weighted by Crippen LogP contribution is -2.12. The Morgan fingerprint density at radius 3 is 2.20 bits per heavy atom. The molecular weight excluding hydrogens is 346 g/mol. The summed E-state index contributed by atoms with van der Waals surface area (Å²) in [5.41, 5.74) is 0.537. The number of primary sulfonamides is 1. The zero-order chi connectivity index (χ0) is 18.4. The molecule has 7 nitrogen and oxygen atoms in total. The van der Waals surface area contributed by atoms with E-state index in [1.165, 1.54) is 38.3 Å². The molecule has 0 aromatic heterocycles. The van der Waals surface area contributed by atoms with Crippen molar-refractivity contribution in [2.24, 2.45) is 5.14 Å². The van der Waals surface area contributed by atoms with Crippen LogP contribution in [0, 0.1) is 0 Å². The molecule has 134 valence electrons. The van der Waals surface area contributed by atoms with Gasteiger partial charge >= 0.3 is 0 Å². The van der Waals surface area contributed by atoms with E-state index in [1.807, 2.05) is 0 Å². The third-order valence-electron chi connectivity index (χ3n) is 3.33. The molecule has 0 aliphatic rings. The van der Waals surface area contributed by atoms with E-state index in [9.17, 15) is 13.2 Å². The lowest BCUT2D eigenvalue weighted by Gasteiger charge is -2.12. The van der Waals surface area contributed by atoms with Crippen LogP contribution in [0.4, 0.5) is 0 Å². The second kappa shape index (κ2) is 8.00. The summed E-state index contributed by atoms with van der Waals surface area (Å²) < 4.78 is 38.6. The van der Waals surface area contributed by atoms with Crippen LogP contribution in [-0.4, -0.2) is 34.5 Å². The highest BCUT2D eigenvalue weighted by molar-refractivity contribution is 7.89. The van der Waals surface area contributed by atoms with E-state index in [2.05, 4.69) is 0 Å². The lowest BCUT2D eigenvalue weighted by molar-refractivity contribution is 0.101. The van der Waals surface area contributed by atoms with Crippen LogP contribution in [0.25, 0.3) is 0 Å². The molecule has 0 bridgehead atoms. The average molecular weight is 365 g/mol. The van der Waals surface area contributed by atoms with Crippen molar-refractivity contribution < 1.29 is 27.4 Å². The number of nitrogens with two attached hydrogens (primary N) is 1. The normalized spacial score (nSPS) is 11.0. The number of Topliss-reactive ketones (excluding diaryl/α,β-unsaturated/α-hetero) is 1. The van der Waals surface area contributed by atoms with Gasteiger partial charge in [0.1, 0.15) is 19.0 Å². The molecule has 0 amide bonds. The van der Waals surface area contributed by atoms with Gasteiger partial charge in [-0.3, -0.25) is 4.79 Å². The first-order chi connectivity index (χ1) is 11.8. The van der Waals surface area contributed by atoms with Gasteiger partial charge in [-0.05, 0) is 49.4 Å². The highest BCUT2D eigenvalue weighted by Gasteiger charge is 2.09. The fraction of sp³-hybridized carbons (Fsp3) is 0.235. The Morgan fingerprint density at radius 1 is 1.00 bits per heavy atom. The zero-order valence-electron chi connectivity index (χ0n) is 13.9. The maximum Gasteiger partial charge on any atom is 0.238 e. The lowest BCUT2D eigenvalue weighted by atomic mass is 10.1. The van der Waals surface area contributed by atoms with Gasteiger partial charge in [-0.15, -0.1) is 0 Å². The highest BCUT2D eigenvalue weighted by Crippen LogP contribution is 2.28. The molecule has 0 aliphatic carbocycles. The van der Waals surface area contributed by atoms with E-state index in [0.29, 0.717) is 22.8 Å². The number of ketones is 1. The van der Waals surface area contributed by atoms with Gasteiger partial charge < -0.3 is 14.2 Å². The molecule has 0 saturated carbocycles. The Labute approximate surface area is 146 Å². The third-order valence-corrected chi connectivity index (χ3v) is 4.26. The minimum absolute atomic E-state index is 0.0198. The minimum atomic E-state index is -3.72. The van der Waals surface area contributed by atoms with Crippen LogP contribution in [0.3, 0.4) is 0 Å². The molecule has 0 atom stereocenters. The quantitative estimate of drug-likeness (QED) is 0.567. The standard InChI is InChI=1S/C17H19NO6S/c1-12(19)13-3-8-16(17(11-13)22-2)24-10-9-23-14-4-6-15(7-5-14)25(18,20)21/h3-8,11H,9-10H2,1-2H3,(H2,18,20,21). The Kier molecular flexibility index (Phi) is 6.00. The number of carbonyl (C=O) groups excluding carboxylic acids is 1. The predicted molar refractivity (Wildman–Crippen MR) is 91.8 cm³/mol. The van der Waals surface area contributed by atoms with Crippen molar-refractivity contribution in [1.29, 1.82) is 0 Å². The summed E-state index contributed by atoms with van der Waals surface area (Å²) in [4.78, 5) is 11.4. The van der Waals surface area contributed by atoms with Gasteiger partial charge in [-0.2, -0.15) is 0 Å². The monoisotopic (exact) mass is 365 g/mol. The number of benzene rings is 2. The zero-order valence-corrected chi connectivity index (χ0v) is 14.7. The summed E-state index contributed by atoms with van der Waals surface area (Å²) in [6, 6.07) is 10.7. The first kappa shape index (κ1) is 18.8.